The van der Waals surface area contributed by atoms with Gasteiger partial charge in [0, 0.05) is 11.5 Å². The van der Waals surface area contributed by atoms with Crippen LogP contribution < -0.4 is 5.32 Å². The zero-order valence-corrected chi connectivity index (χ0v) is 7.06. The second kappa shape index (κ2) is 4.44. The molecule has 0 bridgehead atoms. The average Bonchev–Trinajstić information content (AvgIpc) is 2.34. The lowest BCUT2D eigenvalue weighted by molar-refractivity contribution is 0.150. The smallest absolute Gasteiger partial charge is 0.151 e. The topological polar surface area (TPSA) is 21.3 Å². The van der Waals surface area contributed by atoms with Crippen LogP contribution in [0.2, 0.25) is 0 Å². The van der Waals surface area contributed by atoms with Gasteiger partial charge in [0.25, 0.3) is 0 Å². The van der Waals surface area contributed by atoms with Crippen LogP contribution in [-0.2, 0) is 4.74 Å². The molecule has 4 heteroatoms. The molecule has 0 unspecified atom stereocenters. The van der Waals surface area contributed by atoms with Gasteiger partial charge in [0.2, 0.25) is 0 Å². The van der Waals surface area contributed by atoms with Gasteiger partial charge in [0.05, 0.1) is 6.73 Å². The summed E-state index contributed by atoms with van der Waals surface area (Å²) in [7, 11) is 1.89. The van der Waals surface area contributed by atoms with Gasteiger partial charge in [-0.3, -0.25) is 5.32 Å². The Kier molecular flexibility index (Phi) is 3.81. The Labute approximate surface area is 64.1 Å². The lowest BCUT2D eigenvalue weighted by atomic mass is 11.0. The number of hydrogen-bond acceptors (Lipinski definition) is 4. The van der Waals surface area contributed by atoms with Gasteiger partial charge in [-0.25, -0.2) is 0 Å². The van der Waals surface area contributed by atoms with Gasteiger partial charge in [0.1, 0.15) is 0 Å². The standard InChI is InChI=1S/C5H11NOS2/c1-6-4-7-5-8-2-3-9-5/h5-6H,2-4H2,1H3. The van der Waals surface area contributed by atoms with Crippen molar-refractivity contribution in [2.75, 3.05) is 25.3 Å². The Morgan fingerprint density at radius 2 is 2.22 bits per heavy atom. The first-order valence-electron chi connectivity index (χ1n) is 2.93. The van der Waals surface area contributed by atoms with Crippen molar-refractivity contribution in [3.8, 4) is 0 Å². The van der Waals surface area contributed by atoms with E-state index in [2.05, 4.69) is 5.32 Å². The highest BCUT2D eigenvalue weighted by Crippen LogP contribution is 2.31. The van der Waals surface area contributed by atoms with Crippen LogP contribution >= 0.6 is 23.5 Å². The quantitative estimate of drug-likeness (QED) is 0.628. The molecule has 1 aliphatic heterocycles. The van der Waals surface area contributed by atoms with E-state index in [1.54, 1.807) is 0 Å². The summed E-state index contributed by atoms with van der Waals surface area (Å²) in [5.41, 5.74) is 0. The van der Waals surface area contributed by atoms with Gasteiger partial charge < -0.3 is 4.74 Å². The zero-order valence-electron chi connectivity index (χ0n) is 5.42. The van der Waals surface area contributed by atoms with Gasteiger partial charge in [-0.05, 0) is 7.05 Å². The molecule has 0 radical (unpaired) electrons. The molecule has 1 fully saturated rings. The van der Waals surface area contributed by atoms with Gasteiger partial charge in [-0.2, -0.15) is 0 Å². The molecule has 1 aliphatic rings. The molecule has 1 N–H and O–H groups in total. The molecular formula is C5H11NOS2. The van der Waals surface area contributed by atoms with Crippen LogP contribution in [0.5, 0.6) is 0 Å². The van der Waals surface area contributed by atoms with Gasteiger partial charge in [-0.15, -0.1) is 23.5 Å². The highest BCUT2D eigenvalue weighted by Gasteiger charge is 2.15. The van der Waals surface area contributed by atoms with Crippen LogP contribution in [0, 0.1) is 0 Å². The molecule has 0 aromatic rings. The van der Waals surface area contributed by atoms with Crippen LogP contribution in [0.15, 0.2) is 0 Å². The molecule has 54 valence electrons. The summed E-state index contributed by atoms with van der Waals surface area (Å²) in [5.74, 6) is 2.47. The van der Waals surface area contributed by atoms with Crippen molar-refractivity contribution in [3.63, 3.8) is 0 Å². The summed E-state index contributed by atoms with van der Waals surface area (Å²) in [5, 5.41) is 2.95. The number of nitrogens with one attached hydrogen (secondary N) is 1. The highest BCUT2D eigenvalue weighted by atomic mass is 32.2. The Balaban J connectivity index is 1.98. The van der Waals surface area contributed by atoms with Crippen LogP contribution in [0.4, 0.5) is 0 Å². The Morgan fingerprint density at radius 1 is 1.56 bits per heavy atom. The predicted molar refractivity (Wildman–Crippen MR) is 43.7 cm³/mol. The van der Waals surface area contributed by atoms with Crippen molar-refractivity contribution < 1.29 is 4.74 Å². The van der Waals surface area contributed by atoms with Crippen molar-refractivity contribution in [2.45, 2.75) is 4.77 Å². The summed E-state index contributed by atoms with van der Waals surface area (Å²) in [6, 6.07) is 0. The van der Waals surface area contributed by atoms with Crippen LogP contribution in [0.25, 0.3) is 0 Å². The largest absolute Gasteiger partial charge is 0.343 e. The second-order valence-corrected chi connectivity index (χ2v) is 4.33. The van der Waals surface area contributed by atoms with Gasteiger partial charge in [0.15, 0.2) is 4.77 Å². The minimum Gasteiger partial charge on any atom is -0.343 e. The van der Waals surface area contributed by atoms with E-state index in [1.807, 2.05) is 30.6 Å². The summed E-state index contributed by atoms with van der Waals surface area (Å²) in [4.78, 5) is 0. The number of ether oxygens (including phenoxy) is 1. The van der Waals surface area contributed by atoms with Crippen molar-refractivity contribution in [3.05, 3.63) is 0 Å². The van der Waals surface area contributed by atoms with E-state index in [1.165, 1.54) is 11.5 Å². The number of thioether (sulfide) groups is 2. The predicted octanol–water partition coefficient (Wildman–Crippen LogP) is 0.944. The Morgan fingerprint density at radius 3 is 2.78 bits per heavy atom. The first kappa shape index (κ1) is 7.72. The zero-order chi connectivity index (χ0) is 6.53. The molecule has 9 heavy (non-hydrogen) atoms. The molecule has 0 spiro atoms. The maximum absolute atomic E-state index is 5.37. The van der Waals surface area contributed by atoms with E-state index in [0.717, 1.165) is 0 Å². The monoisotopic (exact) mass is 165 g/mol. The lowest BCUT2D eigenvalue weighted by Gasteiger charge is -2.07. The third kappa shape index (κ3) is 2.80. The fourth-order valence-corrected chi connectivity index (χ4v) is 3.03. The van der Waals surface area contributed by atoms with Crippen LogP contribution in [0.3, 0.4) is 0 Å². The third-order valence-electron chi connectivity index (χ3n) is 0.955. The molecule has 0 aliphatic carbocycles. The fraction of sp³-hybridized carbons (Fsp3) is 1.00. The highest BCUT2D eigenvalue weighted by molar-refractivity contribution is 8.19. The fourth-order valence-electron chi connectivity index (χ4n) is 0.584. The van der Waals surface area contributed by atoms with Crippen LogP contribution in [-0.4, -0.2) is 30.1 Å². The van der Waals surface area contributed by atoms with Crippen molar-refractivity contribution in [1.82, 2.24) is 5.32 Å². The summed E-state index contributed by atoms with van der Waals surface area (Å²) < 4.78 is 5.75. The second-order valence-electron chi connectivity index (χ2n) is 1.69. The number of rotatable bonds is 3. The Bertz CT molecular complexity index is 75.4. The maximum atomic E-state index is 5.37. The Hall–Kier alpha value is 0.620. The third-order valence-corrected chi connectivity index (χ3v) is 3.73. The number of hydrogen-bond donors (Lipinski definition) is 1. The molecule has 1 heterocycles. The molecule has 1 rings (SSSR count). The minimum atomic E-state index is 0.387. The first-order valence-corrected chi connectivity index (χ1v) is 5.02. The molecule has 0 atom stereocenters. The first-order chi connectivity index (χ1) is 4.43. The molecule has 1 saturated heterocycles. The molecule has 0 aromatic carbocycles. The van der Waals surface area contributed by atoms with E-state index < -0.39 is 0 Å². The molecule has 0 amide bonds. The lowest BCUT2D eigenvalue weighted by Crippen LogP contribution is -2.14. The van der Waals surface area contributed by atoms with Crippen molar-refractivity contribution >= 4 is 23.5 Å². The molecule has 2 nitrogen and oxygen atoms in total. The minimum absolute atomic E-state index is 0.387. The van der Waals surface area contributed by atoms with Crippen LogP contribution in [0.1, 0.15) is 0 Å². The maximum Gasteiger partial charge on any atom is 0.151 e. The molecule has 0 aromatic heterocycles. The van der Waals surface area contributed by atoms with Gasteiger partial charge >= 0.3 is 0 Å². The van der Waals surface area contributed by atoms with Crippen molar-refractivity contribution in [1.29, 1.82) is 0 Å². The average molecular weight is 165 g/mol. The van der Waals surface area contributed by atoms with Crippen molar-refractivity contribution in [2.24, 2.45) is 0 Å². The van der Waals surface area contributed by atoms with E-state index >= 15 is 0 Å². The summed E-state index contributed by atoms with van der Waals surface area (Å²) in [6.45, 7) is 0.671. The normalized spacial score (nSPS) is 21.0. The molecule has 0 saturated carbocycles. The summed E-state index contributed by atoms with van der Waals surface area (Å²) >= 11 is 3.77. The van der Waals surface area contributed by atoms with Gasteiger partial charge in [-0.1, -0.05) is 0 Å². The van der Waals surface area contributed by atoms with E-state index in [-0.39, 0.29) is 0 Å². The summed E-state index contributed by atoms with van der Waals surface area (Å²) in [6.07, 6.45) is 0. The van der Waals surface area contributed by atoms with E-state index in [4.69, 9.17) is 4.74 Å². The van der Waals surface area contributed by atoms with E-state index in [9.17, 15) is 0 Å². The SMILES string of the molecule is CNCOC1SCCS1. The van der Waals surface area contributed by atoms with E-state index in [0.29, 0.717) is 11.5 Å². The molecular weight excluding hydrogens is 154 g/mol.